The van der Waals surface area contributed by atoms with Crippen LogP contribution < -0.4 is 4.74 Å². The highest BCUT2D eigenvalue weighted by atomic mass is 16.5. The second-order valence-corrected chi connectivity index (χ2v) is 11.6. The average Bonchev–Trinajstić information content (AvgIpc) is 2.58. The summed E-state index contributed by atoms with van der Waals surface area (Å²) in [5.74, 6) is 5.19. The van der Waals surface area contributed by atoms with Crippen molar-refractivity contribution in [3.63, 3.8) is 0 Å². The highest BCUT2D eigenvalue weighted by Crippen LogP contribution is 2.62. The largest absolute Gasteiger partial charge is 0.461 e. The van der Waals surface area contributed by atoms with E-state index >= 15 is 0 Å². The number of Topliss-reactive ketones (excluding diaryl/α,β-unsaturated/α-hetero) is 1. The number of carbonyl (C=O) groups is 1. The molecule has 5 aliphatic carbocycles. The topological polar surface area (TPSA) is 26.3 Å². The Labute approximate surface area is 168 Å². The molecule has 0 amide bonds. The van der Waals surface area contributed by atoms with E-state index in [1.807, 2.05) is 0 Å². The maximum atomic E-state index is 12.8. The van der Waals surface area contributed by atoms with E-state index in [1.165, 1.54) is 55.2 Å². The fourth-order valence-electron chi connectivity index (χ4n) is 7.84. The standard InChI is InChI=1S/C26H32O2/c1-15-4-19-9-20-22(27)13-25(2,3)14-23(20)28-24(19)21(5-15)26-10-16-6-17(11-26)8-18(7-16)12-26/h4-5,16-18H,6-14H2,1-3H3. The number of benzene rings is 1. The van der Waals surface area contributed by atoms with E-state index < -0.39 is 0 Å². The molecule has 0 unspecified atom stereocenters. The van der Waals surface area contributed by atoms with Gasteiger partial charge in [0.2, 0.25) is 0 Å². The summed E-state index contributed by atoms with van der Waals surface area (Å²) in [5, 5.41) is 0. The number of hydrogen-bond donors (Lipinski definition) is 0. The van der Waals surface area contributed by atoms with Gasteiger partial charge in [-0.15, -0.1) is 0 Å². The normalized spacial score (nSPS) is 37.5. The van der Waals surface area contributed by atoms with Crippen molar-refractivity contribution in [2.45, 2.75) is 84.0 Å². The van der Waals surface area contributed by atoms with Crippen molar-refractivity contribution in [2.24, 2.45) is 23.2 Å². The number of allylic oxidation sites excluding steroid dienone is 2. The highest BCUT2D eigenvalue weighted by Gasteiger charge is 2.53. The minimum Gasteiger partial charge on any atom is -0.461 e. The zero-order valence-corrected chi connectivity index (χ0v) is 17.6. The molecule has 0 aromatic heterocycles. The van der Waals surface area contributed by atoms with Gasteiger partial charge < -0.3 is 4.74 Å². The molecular weight excluding hydrogens is 344 g/mol. The first-order valence-corrected chi connectivity index (χ1v) is 11.4. The van der Waals surface area contributed by atoms with E-state index in [0.29, 0.717) is 17.6 Å². The molecule has 2 nitrogen and oxygen atoms in total. The lowest BCUT2D eigenvalue weighted by molar-refractivity contribution is -0.118. The van der Waals surface area contributed by atoms with Gasteiger partial charge in [-0.05, 0) is 79.6 Å². The number of hydrogen-bond acceptors (Lipinski definition) is 2. The minimum absolute atomic E-state index is 0.0129. The van der Waals surface area contributed by atoms with Crippen molar-refractivity contribution in [2.75, 3.05) is 0 Å². The summed E-state index contributed by atoms with van der Waals surface area (Å²) in [6.07, 6.45) is 10.8. The number of ketones is 1. The summed E-state index contributed by atoms with van der Waals surface area (Å²) in [4.78, 5) is 12.8. The summed E-state index contributed by atoms with van der Waals surface area (Å²) in [6.45, 7) is 6.62. The zero-order chi connectivity index (χ0) is 19.3. The molecule has 0 N–H and O–H groups in total. The summed E-state index contributed by atoms with van der Waals surface area (Å²) >= 11 is 0. The molecule has 1 aromatic carbocycles. The molecule has 1 aliphatic heterocycles. The van der Waals surface area contributed by atoms with Crippen molar-refractivity contribution in [3.05, 3.63) is 40.2 Å². The third kappa shape index (κ3) is 2.49. The fourth-order valence-corrected chi connectivity index (χ4v) is 7.84. The fraction of sp³-hybridized carbons (Fsp3) is 0.654. The Balaban J connectivity index is 1.46. The SMILES string of the molecule is Cc1cc2c(c(C34CC5CC(CC(C5)C3)C4)c1)OC1=C(C2)C(=O)CC(C)(C)C1. The van der Waals surface area contributed by atoms with Gasteiger partial charge >= 0.3 is 0 Å². The first kappa shape index (κ1) is 17.3. The van der Waals surface area contributed by atoms with Crippen LogP contribution in [-0.4, -0.2) is 5.78 Å². The number of carbonyl (C=O) groups excluding carboxylic acids is 1. The Kier molecular flexibility index (Phi) is 3.41. The van der Waals surface area contributed by atoms with Crippen molar-refractivity contribution in [1.29, 1.82) is 0 Å². The van der Waals surface area contributed by atoms with Crippen molar-refractivity contribution in [1.82, 2.24) is 0 Å². The molecule has 148 valence electrons. The lowest BCUT2D eigenvalue weighted by Crippen LogP contribution is -2.48. The number of fused-ring (bicyclic) bond motifs is 1. The smallest absolute Gasteiger partial charge is 0.163 e. The van der Waals surface area contributed by atoms with Crippen LogP contribution in [0.2, 0.25) is 0 Å². The molecule has 4 saturated carbocycles. The molecule has 0 spiro atoms. The van der Waals surface area contributed by atoms with Crippen LogP contribution in [0.3, 0.4) is 0 Å². The van der Waals surface area contributed by atoms with Gasteiger partial charge in [0, 0.05) is 30.4 Å². The molecule has 7 rings (SSSR count). The van der Waals surface area contributed by atoms with E-state index in [-0.39, 0.29) is 5.41 Å². The van der Waals surface area contributed by atoms with Gasteiger partial charge in [-0.1, -0.05) is 31.5 Å². The molecular formula is C26H32O2. The van der Waals surface area contributed by atoms with E-state index in [4.69, 9.17) is 4.74 Å². The van der Waals surface area contributed by atoms with Crippen LogP contribution in [0.5, 0.6) is 5.75 Å². The Morgan fingerprint density at radius 1 is 0.964 bits per heavy atom. The molecule has 0 saturated heterocycles. The average molecular weight is 377 g/mol. The lowest BCUT2D eigenvalue weighted by atomic mass is 9.48. The Morgan fingerprint density at radius 3 is 2.25 bits per heavy atom. The van der Waals surface area contributed by atoms with Crippen molar-refractivity contribution in [3.8, 4) is 5.75 Å². The quantitative estimate of drug-likeness (QED) is 0.597. The summed E-state index contributed by atoms with van der Waals surface area (Å²) in [5.41, 5.74) is 5.38. The van der Waals surface area contributed by atoms with E-state index in [1.54, 1.807) is 0 Å². The van der Waals surface area contributed by atoms with Crippen LogP contribution in [0.15, 0.2) is 23.5 Å². The monoisotopic (exact) mass is 376 g/mol. The number of rotatable bonds is 1. The van der Waals surface area contributed by atoms with E-state index in [2.05, 4.69) is 32.9 Å². The van der Waals surface area contributed by atoms with Crippen LogP contribution in [0.1, 0.15) is 81.9 Å². The molecule has 4 fully saturated rings. The molecule has 4 bridgehead atoms. The van der Waals surface area contributed by atoms with E-state index in [9.17, 15) is 4.79 Å². The molecule has 28 heavy (non-hydrogen) atoms. The molecule has 1 heterocycles. The summed E-state index contributed by atoms with van der Waals surface area (Å²) in [6, 6.07) is 4.71. The summed E-state index contributed by atoms with van der Waals surface area (Å²) < 4.78 is 6.68. The molecule has 2 heteroatoms. The summed E-state index contributed by atoms with van der Waals surface area (Å²) in [7, 11) is 0. The number of ether oxygens (including phenoxy) is 1. The van der Waals surface area contributed by atoms with Crippen LogP contribution in [-0.2, 0) is 16.6 Å². The Morgan fingerprint density at radius 2 is 1.61 bits per heavy atom. The second-order valence-electron chi connectivity index (χ2n) is 11.6. The van der Waals surface area contributed by atoms with Gasteiger partial charge in [-0.2, -0.15) is 0 Å². The van der Waals surface area contributed by atoms with Gasteiger partial charge in [0.15, 0.2) is 5.78 Å². The predicted octanol–water partition coefficient (Wildman–Crippen LogP) is 6.04. The zero-order valence-electron chi connectivity index (χ0n) is 17.6. The third-order valence-corrected chi connectivity index (χ3v) is 8.46. The minimum atomic E-state index is 0.0129. The van der Waals surface area contributed by atoms with Crippen molar-refractivity contribution < 1.29 is 9.53 Å². The van der Waals surface area contributed by atoms with Crippen LogP contribution in [0.4, 0.5) is 0 Å². The van der Waals surface area contributed by atoms with Crippen LogP contribution in [0, 0.1) is 30.1 Å². The van der Waals surface area contributed by atoms with Gasteiger partial charge in [0.25, 0.3) is 0 Å². The van der Waals surface area contributed by atoms with Gasteiger partial charge in [0.05, 0.1) is 0 Å². The predicted molar refractivity (Wildman–Crippen MR) is 110 cm³/mol. The Hall–Kier alpha value is -1.57. The van der Waals surface area contributed by atoms with Gasteiger partial charge in [-0.25, -0.2) is 0 Å². The number of aryl methyl sites for hydroxylation is 1. The van der Waals surface area contributed by atoms with Crippen LogP contribution >= 0.6 is 0 Å². The van der Waals surface area contributed by atoms with Crippen LogP contribution in [0.25, 0.3) is 0 Å². The van der Waals surface area contributed by atoms with E-state index in [0.717, 1.165) is 47.7 Å². The third-order valence-electron chi connectivity index (χ3n) is 8.46. The van der Waals surface area contributed by atoms with Gasteiger partial charge in [-0.3, -0.25) is 4.79 Å². The molecule has 1 aromatic rings. The first-order valence-electron chi connectivity index (χ1n) is 11.4. The highest BCUT2D eigenvalue weighted by molar-refractivity contribution is 5.98. The molecule has 0 atom stereocenters. The molecule has 0 radical (unpaired) electrons. The Bertz CT molecular complexity index is 881. The maximum Gasteiger partial charge on any atom is 0.163 e. The van der Waals surface area contributed by atoms with Crippen molar-refractivity contribution >= 4 is 5.78 Å². The first-order chi connectivity index (χ1) is 13.3. The molecule has 6 aliphatic rings. The maximum absolute atomic E-state index is 12.8. The lowest BCUT2D eigenvalue weighted by Gasteiger charge is -2.57. The van der Waals surface area contributed by atoms with Gasteiger partial charge in [0.1, 0.15) is 11.5 Å². The second kappa shape index (κ2) is 5.52.